The summed E-state index contributed by atoms with van der Waals surface area (Å²) in [7, 11) is 0. The first kappa shape index (κ1) is 15.5. The van der Waals surface area contributed by atoms with Gasteiger partial charge in [0.1, 0.15) is 12.1 Å². The van der Waals surface area contributed by atoms with Crippen LogP contribution in [-0.4, -0.2) is 80.1 Å². The lowest BCUT2D eigenvalue weighted by Crippen LogP contribution is -2.50. The number of anilines is 1. The molecule has 3 heterocycles. The van der Waals surface area contributed by atoms with Gasteiger partial charge in [-0.05, 0) is 6.92 Å². The van der Waals surface area contributed by atoms with Gasteiger partial charge in [-0.3, -0.25) is 4.90 Å². The molecule has 7 nitrogen and oxygen atoms in total. The second-order valence-electron chi connectivity index (χ2n) is 5.50. The number of hydrogen-bond acceptors (Lipinski definition) is 7. The quantitative estimate of drug-likeness (QED) is 0.781. The van der Waals surface area contributed by atoms with Crippen molar-refractivity contribution in [2.75, 3.05) is 64.1 Å². The summed E-state index contributed by atoms with van der Waals surface area (Å²) in [6.07, 6.45) is 1.77. The maximum absolute atomic E-state index is 5.91. The molecule has 2 fully saturated rings. The highest BCUT2D eigenvalue weighted by atomic mass is 16.5. The average Bonchev–Trinajstić information content (AvgIpc) is 2.57. The molecule has 0 bridgehead atoms. The minimum Gasteiger partial charge on any atom is -0.478 e. The number of hydrogen-bond donors (Lipinski definition) is 0. The van der Waals surface area contributed by atoms with Gasteiger partial charge in [0.25, 0.3) is 0 Å². The van der Waals surface area contributed by atoms with Crippen LogP contribution < -0.4 is 9.64 Å². The summed E-state index contributed by atoms with van der Waals surface area (Å²) in [5.41, 5.74) is 0. The first-order chi connectivity index (χ1) is 10.8. The van der Waals surface area contributed by atoms with Gasteiger partial charge in [-0.2, -0.15) is 0 Å². The summed E-state index contributed by atoms with van der Waals surface area (Å²) >= 11 is 0. The Kier molecular flexibility index (Phi) is 5.42. The van der Waals surface area contributed by atoms with E-state index in [1.165, 1.54) is 0 Å². The third-order valence-electron chi connectivity index (χ3n) is 3.95. The topological polar surface area (TPSA) is 60.0 Å². The molecule has 1 aromatic heterocycles. The Hall–Kier alpha value is -1.44. The van der Waals surface area contributed by atoms with Gasteiger partial charge in [0.05, 0.1) is 32.5 Å². The highest BCUT2D eigenvalue weighted by Gasteiger charge is 2.24. The van der Waals surface area contributed by atoms with E-state index in [1.54, 1.807) is 6.33 Å². The molecule has 3 rings (SSSR count). The molecular weight excluding hydrogens is 284 g/mol. The highest BCUT2D eigenvalue weighted by Crippen LogP contribution is 2.19. The van der Waals surface area contributed by atoms with Crippen molar-refractivity contribution in [2.45, 2.75) is 13.0 Å². The lowest BCUT2D eigenvalue weighted by molar-refractivity contribution is -0.0172. The van der Waals surface area contributed by atoms with Crippen molar-refractivity contribution >= 4 is 5.82 Å². The Morgan fingerprint density at radius 2 is 2.09 bits per heavy atom. The molecule has 122 valence electrons. The summed E-state index contributed by atoms with van der Waals surface area (Å²) in [6.45, 7) is 9.55. The second kappa shape index (κ2) is 7.71. The van der Waals surface area contributed by atoms with E-state index >= 15 is 0 Å². The Labute approximate surface area is 131 Å². The first-order valence-corrected chi connectivity index (χ1v) is 7.96. The van der Waals surface area contributed by atoms with Crippen molar-refractivity contribution in [2.24, 2.45) is 0 Å². The van der Waals surface area contributed by atoms with Crippen LogP contribution in [0.25, 0.3) is 0 Å². The highest BCUT2D eigenvalue weighted by molar-refractivity contribution is 5.41. The number of ether oxygens (including phenoxy) is 3. The van der Waals surface area contributed by atoms with Crippen LogP contribution in [0.4, 0.5) is 5.82 Å². The monoisotopic (exact) mass is 308 g/mol. The zero-order chi connectivity index (χ0) is 15.2. The molecule has 0 spiro atoms. The zero-order valence-corrected chi connectivity index (χ0v) is 13.1. The molecule has 22 heavy (non-hydrogen) atoms. The molecule has 0 unspecified atom stereocenters. The number of aromatic nitrogens is 2. The molecule has 0 aliphatic carbocycles. The lowest BCUT2D eigenvalue weighted by atomic mass is 10.2. The van der Waals surface area contributed by atoms with Crippen molar-refractivity contribution in [1.29, 1.82) is 0 Å². The third-order valence-corrected chi connectivity index (χ3v) is 3.95. The first-order valence-electron chi connectivity index (χ1n) is 7.96. The van der Waals surface area contributed by atoms with Crippen molar-refractivity contribution < 1.29 is 14.2 Å². The van der Waals surface area contributed by atoms with E-state index < -0.39 is 0 Å². The maximum Gasteiger partial charge on any atom is 0.218 e. The molecule has 0 amide bonds. The van der Waals surface area contributed by atoms with Gasteiger partial charge in [-0.25, -0.2) is 9.97 Å². The predicted molar refractivity (Wildman–Crippen MR) is 82.4 cm³/mol. The Bertz CT molecular complexity index is 468. The van der Waals surface area contributed by atoms with Crippen LogP contribution in [0.3, 0.4) is 0 Å². The molecule has 2 saturated heterocycles. The SMILES string of the molecule is CCOc1cc(N2CCO[C@@H](CN3CCOCC3)C2)ncn1. The molecule has 1 aromatic rings. The number of nitrogens with zero attached hydrogens (tertiary/aromatic N) is 4. The zero-order valence-electron chi connectivity index (χ0n) is 13.1. The molecule has 0 saturated carbocycles. The van der Waals surface area contributed by atoms with E-state index in [2.05, 4.69) is 19.8 Å². The van der Waals surface area contributed by atoms with Crippen LogP contribution in [0.5, 0.6) is 5.88 Å². The van der Waals surface area contributed by atoms with Crippen molar-refractivity contribution in [3.63, 3.8) is 0 Å². The molecule has 2 aliphatic heterocycles. The van der Waals surface area contributed by atoms with Gasteiger partial charge in [0.15, 0.2) is 0 Å². The fraction of sp³-hybridized carbons (Fsp3) is 0.733. The van der Waals surface area contributed by atoms with Gasteiger partial charge >= 0.3 is 0 Å². The van der Waals surface area contributed by atoms with Crippen molar-refractivity contribution in [3.8, 4) is 5.88 Å². The van der Waals surface area contributed by atoms with Crippen molar-refractivity contribution in [3.05, 3.63) is 12.4 Å². The Morgan fingerprint density at radius 3 is 2.91 bits per heavy atom. The van der Waals surface area contributed by atoms with Crippen LogP contribution in [-0.2, 0) is 9.47 Å². The standard InChI is InChI=1S/C15H24N4O3/c1-2-21-15-9-14(16-12-17-15)19-5-8-22-13(11-19)10-18-3-6-20-7-4-18/h9,12-13H,2-8,10-11H2,1H3/t13-/m0/s1. The third kappa shape index (κ3) is 4.06. The number of morpholine rings is 2. The van der Waals surface area contributed by atoms with Gasteiger partial charge in [0.2, 0.25) is 5.88 Å². The smallest absolute Gasteiger partial charge is 0.218 e. The van der Waals surface area contributed by atoms with Gasteiger partial charge in [0, 0.05) is 38.8 Å². The summed E-state index contributed by atoms with van der Waals surface area (Å²) in [5.74, 6) is 1.54. The fourth-order valence-corrected chi connectivity index (χ4v) is 2.84. The lowest BCUT2D eigenvalue weighted by Gasteiger charge is -2.37. The van der Waals surface area contributed by atoms with E-state index in [4.69, 9.17) is 14.2 Å². The van der Waals surface area contributed by atoms with E-state index in [1.807, 2.05) is 13.0 Å². The van der Waals surface area contributed by atoms with Crippen LogP contribution in [0.1, 0.15) is 6.92 Å². The minimum absolute atomic E-state index is 0.206. The van der Waals surface area contributed by atoms with Gasteiger partial charge in [-0.15, -0.1) is 0 Å². The molecule has 0 N–H and O–H groups in total. The second-order valence-corrected chi connectivity index (χ2v) is 5.50. The molecule has 1 atom stereocenters. The maximum atomic E-state index is 5.91. The normalized spacial score (nSPS) is 23.5. The average molecular weight is 308 g/mol. The van der Waals surface area contributed by atoms with Crippen LogP contribution in [0.2, 0.25) is 0 Å². The van der Waals surface area contributed by atoms with Crippen LogP contribution in [0.15, 0.2) is 12.4 Å². The van der Waals surface area contributed by atoms with Gasteiger partial charge in [-0.1, -0.05) is 0 Å². The summed E-state index contributed by atoms with van der Waals surface area (Å²) < 4.78 is 16.8. The van der Waals surface area contributed by atoms with E-state index in [0.717, 1.165) is 58.4 Å². The van der Waals surface area contributed by atoms with Crippen molar-refractivity contribution in [1.82, 2.24) is 14.9 Å². The molecular formula is C15H24N4O3. The largest absolute Gasteiger partial charge is 0.478 e. The van der Waals surface area contributed by atoms with Gasteiger partial charge < -0.3 is 19.1 Å². The Morgan fingerprint density at radius 1 is 1.23 bits per heavy atom. The molecule has 0 radical (unpaired) electrons. The van der Waals surface area contributed by atoms with E-state index in [-0.39, 0.29) is 6.10 Å². The van der Waals surface area contributed by atoms with Crippen LogP contribution in [0, 0.1) is 0 Å². The summed E-state index contributed by atoms with van der Waals surface area (Å²) in [5, 5.41) is 0. The number of rotatable bonds is 5. The molecule has 0 aromatic carbocycles. The predicted octanol–water partition coefficient (Wildman–Crippen LogP) is 0.413. The summed E-state index contributed by atoms with van der Waals surface area (Å²) in [4.78, 5) is 13.2. The fourth-order valence-electron chi connectivity index (χ4n) is 2.84. The molecule has 2 aliphatic rings. The van der Waals surface area contributed by atoms with Crippen LogP contribution >= 0.6 is 0 Å². The Balaban J connectivity index is 1.58. The van der Waals surface area contributed by atoms with E-state index in [0.29, 0.717) is 12.5 Å². The summed E-state index contributed by atoms with van der Waals surface area (Å²) in [6, 6.07) is 1.90. The van der Waals surface area contributed by atoms with E-state index in [9.17, 15) is 0 Å². The molecule has 7 heteroatoms. The minimum atomic E-state index is 0.206.